The second-order valence-electron chi connectivity index (χ2n) is 7.20. The molecule has 1 amide bonds. The summed E-state index contributed by atoms with van der Waals surface area (Å²) in [7, 11) is 0. The third-order valence-corrected chi connectivity index (χ3v) is 5.15. The van der Waals surface area contributed by atoms with Crippen molar-refractivity contribution in [2.45, 2.75) is 58.2 Å². The smallest absolute Gasteiger partial charge is 0.326 e. The maximum Gasteiger partial charge on any atom is 0.326 e. The summed E-state index contributed by atoms with van der Waals surface area (Å²) in [5, 5.41) is 3.41. The molecule has 1 aromatic carbocycles. The van der Waals surface area contributed by atoms with Crippen LogP contribution in [0.25, 0.3) is 10.9 Å². The van der Waals surface area contributed by atoms with Gasteiger partial charge in [0.05, 0.1) is 17.2 Å². The van der Waals surface area contributed by atoms with Gasteiger partial charge in [0.2, 0.25) is 0 Å². The Morgan fingerprint density at radius 2 is 2.04 bits per heavy atom. The van der Waals surface area contributed by atoms with Crippen molar-refractivity contribution in [3.05, 3.63) is 40.9 Å². The molecule has 27 heavy (non-hydrogen) atoms. The first-order chi connectivity index (χ1) is 13.0. The van der Waals surface area contributed by atoms with Gasteiger partial charge in [0.15, 0.2) is 6.10 Å². The van der Waals surface area contributed by atoms with Crippen LogP contribution in [-0.4, -0.2) is 33.6 Å². The lowest BCUT2D eigenvalue weighted by Gasteiger charge is -2.30. The number of aromatic nitrogens is 2. The molecule has 3 rings (SSSR count). The highest BCUT2D eigenvalue weighted by Gasteiger charge is 2.26. The first-order valence-electron chi connectivity index (χ1n) is 9.39. The molecule has 7 nitrogen and oxygen atoms in total. The van der Waals surface area contributed by atoms with Crippen LogP contribution < -0.4 is 10.9 Å². The lowest BCUT2D eigenvalue weighted by Crippen LogP contribution is -2.46. The van der Waals surface area contributed by atoms with Crippen LogP contribution in [0.1, 0.15) is 39.5 Å². The van der Waals surface area contributed by atoms with Gasteiger partial charge in [-0.15, -0.1) is 0 Å². The van der Waals surface area contributed by atoms with Crippen LogP contribution in [0.4, 0.5) is 0 Å². The number of para-hydroxylation sites is 1. The SMILES string of the molecule is C[C@@H]1CCCC[C@H]1NC(=O)[C@@H](C)OC(=O)Cn1cnc2ccccc2c1=O. The van der Waals surface area contributed by atoms with Crippen molar-refractivity contribution in [2.75, 3.05) is 0 Å². The number of nitrogens with one attached hydrogen (secondary N) is 1. The van der Waals surface area contributed by atoms with E-state index in [1.54, 1.807) is 31.2 Å². The minimum Gasteiger partial charge on any atom is -0.451 e. The van der Waals surface area contributed by atoms with Crippen LogP contribution >= 0.6 is 0 Å². The summed E-state index contributed by atoms with van der Waals surface area (Å²) in [6, 6.07) is 7.05. The van der Waals surface area contributed by atoms with Crippen LogP contribution in [0.2, 0.25) is 0 Å². The second-order valence-corrected chi connectivity index (χ2v) is 7.20. The minimum absolute atomic E-state index is 0.125. The van der Waals surface area contributed by atoms with Crippen molar-refractivity contribution in [1.82, 2.24) is 14.9 Å². The van der Waals surface area contributed by atoms with Gasteiger partial charge in [-0.25, -0.2) is 4.98 Å². The fraction of sp³-hybridized carbons (Fsp3) is 0.500. The lowest BCUT2D eigenvalue weighted by molar-refractivity contribution is -0.155. The largest absolute Gasteiger partial charge is 0.451 e. The Hall–Kier alpha value is -2.70. The highest BCUT2D eigenvalue weighted by molar-refractivity contribution is 5.83. The van der Waals surface area contributed by atoms with Gasteiger partial charge in [-0.1, -0.05) is 31.9 Å². The van der Waals surface area contributed by atoms with E-state index in [1.807, 2.05) is 0 Å². The molecule has 144 valence electrons. The van der Waals surface area contributed by atoms with Gasteiger partial charge in [0.1, 0.15) is 6.54 Å². The third-order valence-electron chi connectivity index (χ3n) is 5.15. The van der Waals surface area contributed by atoms with E-state index in [1.165, 1.54) is 17.3 Å². The molecule has 0 radical (unpaired) electrons. The molecule has 1 saturated carbocycles. The molecule has 7 heteroatoms. The average molecular weight is 371 g/mol. The first-order valence-corrected chi connectivity index (χ1v) is 9.39. The number of carbonyl (C=O) groups is 2. The number of rotatable bonds is 5. The zero-order valence-corrected chi connectivity index (χ0v) is 15.7. The Morgan fingerprint density at radius 3 is 2.81 bits per heavy atom. The van der Waals surface area contributed by atoms with E-state index in [9.17, 15) is 14.4 Å². The van der Waals surface area contributed by atoms with Crippen LogP contribution in [-0.2, 0) is 20.9 Å². The molecule has 1 aliphatic rings. The molecular formula is C20H25N3O4. The first kappa shape index (κ1) is 19.1. The average Bonchev–Trinajstić information content (AvgIpc) is 2.66. The maximum absolute atomic E-state index is 12.4. The highest BCUT2D eigenvalue weighted by Crippen LogP contribution is 2.23. The quantitative estimate of drug-likeness (QED) is 0.812. The van der Waals surface area contributed by atoms with Crippen LogP contribution in [0.3, 0.4) is 0 Å². The van der Waals surface area contributed by atoms with E-state index in [0.717, 1.165) is 19.3 Å². The van der Waals surface area contributed by atoms with Crippen molar-refractivity contribution >= 4 is 22.8 Å². The summed E-state index contributed by atoms with van der Waals surface area (Å²) in [5.74, 6) is -0.521. The normalized spacial score (nSPS) is 20.8. The zero-order valence-electron chi connectivity index (χ0n) is 15.7. The number of hydrogen-bond acceptors (Lipinski definition) is 5. The molecule has 0 spiro atoms. The second kappa shape index (κ2) is 8.33. The van der Waals surface area contributed by atoms with Gasteiger partial charge >= 0.3 is 5.97 Å². The van der Waals surface area contributed by atoms with Crippen molar-refractivity contribution in [2.24, 2.45) is 5.92 Å². The number of ether oxygens (including phenoxy) is 1. The van der Waals surface area contributed by atoms with E-state index >= 15 is 0 Å². The summed E-state index contributed by atoms with van der Waals surface area (Å²) in [4.78, 5) is 41.1. The third kappa shape index (κ3) is 4.53. The highest BCUT2D eigenvalue weighted by atomic mass is 16.5. The molecule has 0 bridgehead atoms. The summed E-state index contributed by atoms with van der Waals surface area (Å²) in [5.41, 5.74) is 0.257. The van der Waals surface area contributed by atoms with E-state index < -0.39 is 12.1 Å². The van der Waals surface area contributed by atoms with E-state index in [4.69, 9.17) is 4.74 Å². The Morgan fingerprint density at radius 1 is 1.30 bits per heavy atom. The molecule has 1 fully saturated rings. The molecule has 1 N–H and O–H groups in total. The van der Waals surface area contributed by atoms with Crippen LogP contribution in [0.15, 0.2) is 35.4 Å². The van der Waals surface area contributed by atoms with Crippen molar-refractivity contribution < 1.29 is 14.3 Å². The minimum atomic E-state index is -0.907. The molecule has 1 aliphatic carbocycles. The summed E-state index contributed by atoms with van der Waals surface area (Å²) in [6.07, 6.45) is 4.74. The molecule has 0 saturated heterocycles. The lowest BCUT2D eigenvalue weighted by atomic mass is 9.86. The molecule has 0 unspecified atom stereocenters. The maximum atomic E-state index is 12.4. The van der Waals surface area contributed by atoms with Gasteiger partial charge in [-0.3, -0.25) is 19.0 Å². The number of hydrogen-bond donors (Lipinski definition) is 1. The van der Waals surface area contributed by atoms with Crippen LogP contribution in [0.5, 0.6) is 0 Å². The van der Waals surface area contributed by atoms with E-state index in [0.29, 0.717) is 16.8 Å². The van der Waals surface area contributed by atoms with Gasteiger partial charge < -0.3 is 10.1 Å². The molecular weight excluding hydrogens is 346 g/mol. The topological polar surface area (TPSA) is 90.3 Å². The fourth-order valence-electron chi connectivity index (χ4n) is 3.48. The summed E-state index contributed by atoms with van der Waals surface area (Å²) >= 11 is 0. The summed E-state index contributed by atoms with van der Waals surface area (Å²) in [6.45, 7) is 3.39. The molecule has 3 atom stereocenters. The number of fused-ring (bicyclic) bond motifs is 1. The van der Waals surface area contributed by atoms with Crippen molar-refractivity contribution in [1.29, 1.82) is 0 Å². The standard InChI is InChI=1S/C20H25N3O4/c1-13-7-3-5-9-16(13)22-19(25)14(2)27-18(24)11-23-12-21-17-10-6-4-8-15(17)20(23)26/h4,6,8,10,12-14,16H,3,5,7,9,11H2,1-2H3,(H,22,25)/t13-,14-,16-/m1/s1. The molecule has 2 aromatic rings. The number of esters is 1. The molecule has 1 heterocycles. The number of amides is 1. The zero-order chi connectivity index (χ0) is 19.4. The van der Waals surface area contributed by atoms with E-state index in [-0.39, 0.29) is 24.1 Å². The Kier molecular flexibility index (Phi) is 5.88. The molecule has 1 aromatic heterocycles. The number of nitrogens with zero attached hydrogens (tertiary/aromatic N) is 2. The van der Waals surface area contributed by atoms with Gasteiger partial charge in [0, 0.05) is 6.04 Å². The Bertz CT molecular complexity index is 892. The van der Waals surface area contributed by atoms with E-state index in [2.05, 4.69) is 17.2 Å². The van der Waals surface area contributed by atoms with Crippen molar-refractivity contribution in [3.63, 3.8) is 0 Å². The van der Waals surface area contributed by atoms with Gasteiger partial charge in [-0.05, 0) is 37.8 Å². The monoisotopic (exact) mass is 371 g/mol. The van der Waals surface area contributed by atoms with Gasteiger partial charge in [0.25, 0.3) is 11.5 Å². The predicted molar refractivity (Wildman–Crippen MR) is 101 cm³/mol. The Labute approximate surface area is 157 Å². The number of benzene rings is 1. The van der Waals surface area contributed by atoms with Gasteiger partial charge in [-0.2, -0.15) is 0 Å². The number of carbonyl (C=O) groups excluding carboxylic acids is 2. The summed E-state index contributed by atoms with van der Waals surface area (Å²) < 4.78 is 6.41. The molecule has 0 aliphatic heterocycles. The van der Waals surface area contributed by atoms with Crippen LogP contribution in [0, 0.1) is 5.92 Å². The fourth-order valence-corrected chi connectivity index (χ4v) is 3.48. The Balaban J connectivity index is 1.59. The van der Waals surface area contributed by atoms with Crippen molar-refractivity contribution in [3.8, 4) is 0 Å². The predicted octanol–water partition coefficient (Wildman–Crippen LogP) is 2.02.